The van der Waals surface area contributed by atoms with E-state index >= 15 is 0 Å². The predicted molar refractivity (Wildman–Crippen MR) is 114 cm³/mol. The number of methoxy groups -OCH3 is 1. The number of carbonyl (C=O) groups excluding carboxylic acids is 3. The molecule has 0 aliphatic carbocycles. The minimum Gasteiger partial charge on any atom is -0.493 e. The van der Waals surface area contributed by atoms with Crippen molar-refractivity contribution in [3.05, 3.63) is 28.7 Å². The zero-order valence-electron chi connectivity index (χ0n) is 17.3. The average Bonchev–Trinajstić information content (AvgIpc) is 3.00. The van der Waals surface area contributed by atoms with Gasteiger partial charge >= 0.3 is 5.97 Å². The maximum atomic E-state index is 12.7. The Labute approximate surface area is 184 Å². The van der Waals surface area contributed by atoms with E-state index in [1.165, 1.54) is 19.3 Å². The number of aliphatic carboxylic acids is 1. The summed E-state index contributed by atoms with van der Waals surface area (Å²) in [6, 6.07) is 4.72. The van der Waals surface area contributed by atoms with Crippen molar-refractivity contribution in [3.63, 3.8) is 0 Å². The first-order valence-corrected chi connectivity index (χ1v) is 10.7. The first-order chi connectivity index (χ1) is 14.8. The van der Waals surface area contributed by atoms with Gasteiger partial charge < -0.3 is 19.5 Å². The lowest BCUT2D eigenvalue weighted by molar-refractivity contribution is -0.139. The van der Waals surface area contributed by atoms with Crippen molar-refractivity contribution >= 4 is 40.9 Å². The number of thioether (sulfide) groups is 1. The SMILES string of the molecule is COc1cc(/C=C2/SC(=O)N(CC(=O)N3CCC(C)CC3)C2=O)ccc1OCC(=O)O. The fourth-order valence-corrected chi connectivity index (χ4v) is 4.15. The Morgan fingerprint density at radius 1 is 1.23 bits per heavy atom. The molecular weight excluding hydrogens is 424 g/mol. The molecule has 0 aromatic heterocycles. The first kappa shape index (κ1) is 22.7. The van der Waals surface area contributed by atoms with Gasteiger partial charge in [0.15, 0.2) is 18.1 Å². The number of hydrogen-bond donors (Lipinski definition) is 1. The maximum absolute atomic E-state index is 12.7. The summed E-state index contributed by atoms with van der Waals surface area (Å²) in [6.45, 7) is 2.65. The molecule has 0 saturated carbocycles. The number of carboxylic acids is 1. The third-order valence-electron chi connectivity index (χ3n) is 5.14. The summed E-state index contributed by atoms with van der Waals surface area (Å²) in [5.41, 5.74) is 0.571. The standard InChI is InChI=1S/C21H24N2O7S/c1-13-5-7-22(8-6-13)18(24)11-23-20(27)17(31-21(23)28)10-14-3-4-15(16(9-14)29-2)30-12-19(25)26/h3-4,9-10,13H,5-8,11-12H2,1-2H3,(H,25,26)/b17-10+. The number of ether oxygens (including phenoxy) is 2. The smallest absolute Gasteiger partial charge is 0.341 e. The van der Waals surface area contributed by atoms with Crippen LogP contribution in [0.5, 0.6) is 11.5 Å². The molecule has 0 bridgehead atoms. The summed E-state index contributed by atoms with van der Waals surface area (Å²) < 4.78 is 10.4. The molecule has 3 amide bonds. The number of hydrogen-bond acceptors (Lipinski definition) is 7. The Morgan fingerprint density at radius 3 is 2.58 bits per heavy atom. The van der Waals surface area contributed by atoms with Gasteiger partial charge in [0.1, 0.15) is 6.54 Å². The highest BCUT2D eigenvalue weighted by molar-refractivity contribution is 8.18. The zero-order valence-corrected chi connectivity index (χ0v) is 18.1. The molecule has 0 atom stereocenters. The monoisotopic (exact) mass is 448 g/mol. The van der Waals surface area contributed by atoms with E-state index < -0.39 is 23.7 Å². The Balaban J connectivity index is 1.69. The summed E-state index contributed by atoms with van der Waals surface area (Å²) in [7, 11) is 1.41. The van der Waals surface area contributed by atoms with Crippen LogP contribution in [0, 0.1) is 5.92 Å². The molecule has 1 N–H and O–H groups in total. The summed E-state index contributed by atoms with van der Waals surface area (Å²) >= 11 is 0.776. The zero-order chi connectivity index (χ0) is 22.5. The van der Waals surface area contributed by atoms with Crippen molar-refractivity contribution in [2.75, 3.05) is 33.4 Å². The van der Waals surface area contributed by atoms with Gasteiger partial charge in [-0.05, 0) is 54.3 Å². The number of amides is 3. The van der Waals surface area contributed by atoms with Gasteiger partial charge in [0.25, 0.3) is 11.1 Å². The lowest BCUT2D eigenvalue weighted by Crippen LogP contribution is -2.45. The molecule has 166 valence electrons. The molecule has 10 heteroatoms. The minimum atomic E-state index is -1.12. The molecule has 2 fully saturated rings. The van der Waals surface area contributed by atoms with Crippen LogP contribution in [0.15, 0.2) is 23.1 Å². The third-order valence-corrected chi connectivity index (χ3v) is 6.05. The van der Waals surface area contributed by atoms with Gasteiger partial charge in [-0.1, -0.05) is 13.0 Å². The predicted octanol–water partition coefficient (Wildman–Crippen LogP) is 2.45. The van der Waals surface area contributed by atoms with E-state index in [1.54, 1.807) is 17.0 Å². The molecule has 2 heterocycles. The van der Waals surface area contributed by atoms with Gasteiger partial charge in [-0.3, -0.25) is 19.3 Å². The first-order valence-electron chi connectivity index (χ1n) is 9.84. The van der Waals surface area contributed by atoms with Crippen molar-refractivity contribution in [2.24, 2.45) is 5.92 Å². The minimum absolute atomic E-state index is 0.200. The number of likely N-dealkylation sites (tertiary alicyclic amines) is 1. The summed E-state index contributed by atoms with van der Waals surface area (Å²) in [5.74, 6) is -0.744. The Morgan fingerprint density at radius 2 is 1.94 bits per heavy atom. The second-order valence-corrected chi connectivity index (χ2v) is 8.42. The quantitative estimate of drug-likeness (QED) is 0.633. The maximum Gasteiger partial charge on any atom is 0.341 e. The van der Waals surface area contributed by atoms with E-state index in [2.05, 4.69) is 6.92 Å². The van der Waals surface area contributed by atoms with E-state index in [4.69, 9.17) is 14.6 Å². The number of carbonyl (C=O) groups is 4. The van der Waals surface area contributed by atoms with Gasteiger partial charge in [0.2, 0.25) is 5.91 Å². The number of imide groups is 1. The molecule has 31 heavy (non-hydrogen) atoms. The molecule has 2 saturated heterocycles. The molecule has 1 aromatic rings. The molecule has 0 unspecified atom stereocenters. The normalized spacial score (nSPS) is 18.6. The summed E-state index contributed by atoms with van der Waals surface area (Å²) in [5, 5.41) is 8.26. The second kappa shape index (κ2) is 9.86. The largest absolute Gasteiger partial charge is 0.493 e. The number of carboxylic acid groups (broad SMARTS) is 1. The van der Waals surface area contributed by atoms with E-state index in [0.29, 0.717) is 30.3 Å². The fraction of sp³-hybridized carbons (Fsp3) is 0.429. The number of benzene rings is 1. The van der Waals surface area contributed by atoms with E-state index in [-0.39, 0.29) is 23.1 Å². The van der Waals surface area contributed by atoms with Crippen molar-refractivity contribution < 1.29 is 33.8 Å². The van der Waals surface area contributed by atoms with E-state index in [1.807, 2.05) is 0 Å². The molecule has 9 nitrogen and oxygen atoms in total. The summed E-state index contributed by atoms with van der Waals surface area (Å²) in [6.07, 6.45) is 3.37. The van der Waals surface area contributed by atoms with Gasteiger partial charge in [-0.2, -0.15) is 0 Å². The van der Waals surface area contributed by atoms with E-state index in [9.17, 15) is 19.2 Å². The highest BCUT2D eigenvalue weighted by Gasteiger charge is 2.37. The van der Waals surface area contributed by atoms with Crippen LogP contribution in [0.1, 0.15) is 25.3 Å². The van der Waals surface area contributed by atoms with Gasteiger partial charge in [-0.25, -0.2) is 4.79 Å². The molecule has 3 rings (SSSR count). The highest BCUT2D eigenvalue weighted by Crippen LogP contribution is 2.34. The van der Waals surface area contributed by atoms with Crippen molar-refractivity contribution in [1.29, 1.82) is 0 Å². The molecule has 2 aliphatic rings. The van der Waals surface area contributed by atoms with Crippen LogP contribution in [0.4, 0.5) is 4.79 Å². The average molecular weight is 448 g/mol. The van der Waals surface area contributed by atoms with Crippen molar-refractivity contribution in [2.45, 2.75) is 19.8 Å². The molecule has 0 spiro atoms. The topological polar surface area (TPSA) is 113 Å². The van der Waals surface area contributed by atoms with Gasteiger partial charge in [0.05, 0.1) is 12.0 Å². The van der Waals surface area contributed by atoms with Crippen LogP contribution >= 0.6 is 11.8 Å². The molecule has 0 radical (unpaired) electrons. The highest BCUT2D eigenvalue weighted by atomic mass is 32.2. The third kappa shape index (κ3) is 5.57. The van der Waals surface area contributed by atoms with Crippen molar-refractivity contribution in [1.82, 2.24) is 9.80 Å². The van der Waals surface area contributed by atoms with Crippen molar-refractivity contribution in [3.8, 4) is 11.5 Å². The molecular formula is C21H24N2O7S. The number of rotatable bonds is 7. The van der Waals surface area contributed by atoms with Crippen LogP contribution in [0.3, 0.4) is 0 Å². The van der Waals surface area contributed by atoms with Gasteiger partial charge in [-0.15, -0.1) is 0 Å². The van der Waals surface area contributed by atoms with Gasteiger partial charge in [0, 0.05) is 13.1 Å². The number of piperidine rings is 1. The molecule has 2 aliphatic heterocycles. The van der Waals surface area contributed by atoms with Crippen LogP contribution in [-0.4, -0.2) is 71.3 Å². The van der Waals surface area contributed by atoms with Crippen LogP contribution in [-0.2, 0) is 14.4 Å². The lowest BCUT2D eigenvalue weighted by Gasteiger charge is -2.31. The second-order valence-electron chi connectivity index (χ2n) is 7.42. The van der Waals surface area contributed by atoms with Crippen LogP contribution in [0.25, 0.3) is 6.08 Å². The molecule has 1 aromatic carbocycles. The van der Waals surface area contributed by atoms with E-state index in [0.717, 1.165) is 29.5 Å². The summed E-state index contributed by atoms with van der Waals surface area (Å²) in [4.78, 5) is 51.1. The Bertz CT molecular complexity index is 922. The number of nitrogens with zero attached hydrogens (tertiary/aromatic N) is 2. The Kier molecular flexibility index (Phi) is 7.21. The lowest BCUT2D eigenvalue weighted by atomic mass is 9.99. The van der Waals surface area contributed by atoms with Crippen LogP contribution in [0.2, 0.25) is 0 Å². The Hall–Kier alpha value is -3.01. The fourth-order valence-electron chi connectivity index (χ4n) is 3.31. The van der Waals surface area contributed by atoms with Crippen LogP contribution < -0.4 is 9.47 Å².